The molecule has 0 radical (unpaired) electrons. The van der Waals surface area contributed by atoms with Gasteiger partial charge in [0.05, 0.1) is 18.7 Å². The number of thiophene rings is 1. The smallest absolute Gasteiger partial charge is 0.252 e. The second kappa shape index (κ2) is 5.44. The monoisotopic (exact) mass is 321 g/mol. The molecule has 0 N–H and O–H groups in total. The van der Waals surface area contributed by atoms with E-state index >= 15 is 0 Å². The summed E-state index contributed by atoms with van der Waals surface area (Å²) in [5.41, 5.74) is 0.456. The van der Waals surface area contributed by atoms with Gasteiger partial charge in [0.1, 0.15) is 16.4 Å². The van der Waals surface area contributed by atoms with Crippen molar-refractivity contribution in [1.82, 2.24) is 9.29 Å². The van der Waals surface area contributed by atoms with Crippen LogP contribution < -0.4 is 4.74 Å². The molecular weight excluding hydrogens is 310 g/mol. The van der Waals surface area contributed by atoms with Crippen molar-refractivity contribution >= 4 is 21.4 Å². The van der Waals surface area contributed by atoms with Crippen LogP contribution in [-0.2, 0) is 10.0 Å². The highest BCUT2D eigenvalue weighted by Crippen LogP contribution is 2.26. The van der Waals surface area contributed by atoms with Gasteiger partial charge in [-0.05, 0) is 17.5 Å². The van der Waals surface area contributed by atoms with E-state index in [-0.39, 0.29) is 6.10 Å². The highest BCUT2D eigenvalue weighted by Gasteiger charge is 2.38. The minimum Gasteiger partial charge on any atom is -0.472 e. The van der Waals surface area contributed by atoms with Crippen LogP contribution in [0.1, 0.15) is 5.56 Å². The number of ether oxygens (including phenoxy) is 1. The average Bonchev–Trinajstić information content (AvgIpc) is 2.97. The lowest BCUT2D eigenvalue weighted by Crippen LogP contribution is -2.55. The zero-order valence-electron chi connectivity index (χ0n) is 10.8. The van der Waals surface area contributed by atoms with Crippen molar-refractivity contribution in [1.29, 1.82) is 5.26 Å². The molecule has 0 aliphatic carbocycles. The van der Waals surface area contributed by atoms with E-state index in [0.29, 0.717) is 28.7 Å². The second-order valence-electron chi connectivity index (χ2n) is 4.49. The van der Waals surface area contributed by atoms with E-state index in [1.807, 2.05) is 6.07 Å². The van der Waals surface area contributed by atoms with Gasteiger partial charge in [0.2, 0.25) is 5.88 Å². The van der Waals surface area contributed by atoms with Crippen molar-refractivity contribution in [2.75, 3.05) is 13.1 Å². The number of nitrogens with zero attached hydrogens (tertiary/aromatic N) is 3. The average molecular weight is 321 g/mol. The summed E-state index contributed by atoms with van der Waals surface area (Å²) in [5, 5.41) is 10.4. The third kappa shape index (κ3) is 2.76. The SMILES string of the molecule is N#Cc1ccc(OC2CN(S(=O)(=O)c3cccs3)C2)nc1. The van der Waals surface area contributed by atoms with Crippen molar-refractivity contribution in [3.63, 3.8) is 0 Å². The molecule has 21 heavy (non-hydrogen) atoms. The minimum atomic E-state index is -3.39. The number of nitriles is 1. The molecule has 8 heteroatoms. The predicted octanol–water partition coefficient (Wildman–Crippen LogP) is 1.47. The molecule has 108 valence electrons. The number of aromatic nitrogens is 1. The number of sulfonamides is 1. The lowest BCUT2D eigenvalue weighted by Gasteiger charge is -2.37. The summed E-state index contributed by atoms with van der Waals surface area (Å²) in [6.07, 6.45) is 1.22. The zero-order chi connectivity index (χ0) is 14.9. The van der Waals surface area contributed by atoms with Crippen LogP contribution in [0.5, 0.6) is 5.88 Å². The van der Waals surface area contributed by atoms with Crippen molar-refractivity contribution in [3.05, 3.63) is 41.4 Å². The summed E-state index contributed by atoms with van der Waals surface area (Å²) < 4.78 is 31.7. The largest absolute Gasteiger partial charge is 0.472 e. The Hall–Kier alpha value is -1.95. The summed E-state index contributed by atoms with van der Waals surface area (Å²) in [6.45, 7) is 0.615. The zero-order valence-corrected chi connectivity index (χ0v) is 12.5. The molecule has 3 rings (SSSR count). The fourth-order valence-electron chi connectivity index (χ4n) is 1.90. The van der Waals surface area contributed by atoms with Crippen LogP contribution in [0.3, 0.4) is 0 Å². The molecular formula is C13H11N3O3S2. The summed E-state index contributed by atoms with van der Waals surface area (Å²) >= 11 is 1.20. The summed E-state index contributed by atoms with van der Waals surface area (Å²) in [4.78, 5) is 4.00. The third-order valence-corrected chi connectivity index (χ3v) is 6.26. The van der Waals surface area contributed by atoms with E-state index in [2.05, 4.69) is 4.98 Å². The van der Waals surface area contributed by atoms with Crippen LogP contribution in [0.25, 0.3) is 0 Å². The summed E-state index contributed by atoms with van der Waals surface area (Å²) in [5.74, 6) is 0.396. The van der Waals surface area contributed by atoms with Crippen LogP contribution in [0, 0.1) is 11.3 Å². The topological polar surface area (TPSA) is 83.3 Å². The van der Waals surface area contributed by atoms with Gasteiger partial charge in [0.15, 0.2) is 0 Å². The van der Waals surface area contributed by atoms with Gasteiger partial charge in [-0.25, -0.2) is 13.4 Å². The maximum Gasteiger partial charge on any atom is 0.252 e. The maximum absolute atomic E-state index is 12.2. The van der Waals surface area contributed by atoms with Crippen LogP contribution >= 0.6 is 11.3 Å². The Morgan fingerprint density at radius 3 is 2.76 bits per heavy atom. The molecule has 1 aliphatic heterocycles. The second-order valence-corrected chi connectivity index (χ2v) is 7.60. The Morgan fingerprint density at radius 2 is 2.19 bits per heavy atom. The highest BCUT2D eigenvalue weighted by atomic mass is 32.2. The molecule has 2 aromatic heterocycles. The van der Waals surface area contributed by atoms with Crippen LogP contribution in [0.15, 0.2) is 40.1 Å². The predicted molar refractivity (Wildman–Crippen MR) is 76.4 cm³/mol. The number of hydrogen-bond donors (Lipinski definition) is 0. The van der Waals surface area contributed by atoms with Crippen molar-refractivity contribution in [2.45, 2.75) is 10.3 Å². The molecule has 1 saturated heterocycles. The molecule has 3 heterocycles. The lowest BCUT2D eigenvalue weighted by atomic mass is 10.2. The van der Waals surface area contributed by atoms with Crippen LogP contribution in [-0.4, -0.2) is 36.9 Å². The van der Waals surface area contributed by atoms with E-state index in [0.717, 1.165) is 0 Å². The minimum absolute atomic E-state index is 0.208. The van der Waals surface area contributed by atoms with Gasteiger partial charge in [-0.2, -0.15) is 9.57 Å². The normalized spacial score (nSPS) is 16.1. The Morgan fingerprint density at radius 1 is 1.38 bits per heavy atom. The lowest BCUT2D eigenvalue weighted by molar-refractivity contribution is 0.0722. The standard InChI is InChI=1S/C13H11N3O3S2/c14-6-10-3-4-12(15-7-10)19-11-8-16(9-11)21(17,18)13-2-1-5-20-13/h1-5,7,11H,8-9H2. The number of rotatable bonds is 4. The molecule has 0 saturated carbocycles. The molecule has 1 fully saturated rings. The van der Waals surface area contributed by atoms with Crippen molar-refractivity contribution in [2.24, 2.45) is 0 Å². The summed E-state index contributed by atoms with van der Waals surface area (Å²) in [7, 11) is -3.39. The number of hydrogen-bond acceptors (Lipinski definition) is 6. The van der Waals surface area contributed by atoms with Gasteiger partial charge in [-0.15, -0.1) is 11.3 Å². The van der Waals surface area contributed by atoms with Crippen LogP contribution in [0.4, 0.5) is 0 Å². The molecule has 0 amide bonds. The van der Waals surface area contributed by atoms with E-state index in [9.17, 15) is 8.42 Å². The molecule has 0 bridgehead atoms. The Kier molecular flexibility index (Phi) is 3.63. The maximum atomic E-state index is 12.2. The Labute approximate surface area is 126 Å². The number of pyridine rings is 1. The molecule has 0 unspecified atom stereocenters. The Bertz CT molecular complexity index is 758. The Balaban J connectivity index is 1.60. The molecule has 6 nitrogen and oxygen atoms in total. The molecule has 2 aromatic rings. The fraction of sp³-hybridized carbons (Fsp3) is 0.231. The van der Waals surface area contributed by atoms with E-state index < -0.39 is 10.0 Å². The van der Waals surface area contributed by atoms with E-state index in [1.54, 1.807) is 29.6 Å². The first-order valence-electron chi connectivity index (χ1n) is 6.16. The van der Waals surface area contributed by atoms with Crippen molar-refractivity contribution in [3.8, 4) is 11.9 Å². The quantitative estimate of drug-likeness (QED) is 0.851. The van der Waals surface area contributed by atoms with Gasteiger partial charge in [0.25, 0.3) is 10.0 Å². The molecule has 1 aliphatic rings. The fourth-order valence-corrected chi connectivity index (χ4v) is 4.54. The first kappa shape index (κ1) is 14.0. The summed E-state index contributed by atoms with van der Waals surface area (Å²) in [6, 6.07) is 8.50. The first-order chi connectivity index (χ1) is 10.1. The highest BCUT2D eigenvalue weighted by molar-refractivity contribution is 7.91. The van der Waals surface area contributed by atoms with Gasteiger partial charge in [0, 0.05) is 12.3 Å². The van der Waals surface area contributed by atoms with Crippen LogP contribution in [0.2, 0.25) is 0 Å². The third-order valence-electron chi connectivity index (χ3n) is 3.06. The molecule has 0 spiro atoms. The van der Waals surface area contributed by atoms with E-state index in [4.69, 9.17) is 10.00 Å². The molecule has 0 aromatic carbocycles. The van der Waals surface area contributed by atoms with Gasteiger partial charge < -0.3 is 4.74 Å². The van der Waals surface area contributed by atoms with Crippen molar-refractivity contribution < 1.29 is 13.2 Å². The van der Waals surface area contributed by atoms with E-state index in [1.165, 1.54) is 21.8 Å². The first-order valence-corrected chi connectivity index (χ1v) is 8.48. The van der Waals surface area contributed by atoms with Gasteiger partial charge in [-0.1, -0.05) is 6.07 Å². The van der Waals surface area contributed by atoms with Gasteiger partial charge >= 0.3 is 0 Å². The molecule has 0 atom stereocenters. The van der Waals surface area contributed by atoms with Gasteiger partial charge in [-0.3, -0.25) is 0 Å².